The van der Waals surface area contributed by atoms with Gasteiger partial charge in [-0.05, 0) is 57.8 Å². The number of carbonyl (C=O) groups is 1. The summed E-state index contributed by atoms with van der Waals surface area (Å²) < 4.78 is 0. The lowest BCUT2D eigenvalue weighted by Crippen LogP contribution is -2.35. The van der Waals surface area contributed by atoms with Crippen molar-refractivity contribution >= 4 is 5.91 Å². The molecule has 1 aliphatic heterocycles. The van der Waals surface area contributed by atoms with Crippen molar-refractivity contribution in [3.05, 3.63) is 0 Å². The molecule has 0 bridgehead atoms. The van der Waals surface area contributed by atoms with E-state index in [1.54, 1.807) is 0 Å². The highest BCUT2D eigenvalue weighted by Crippen LogP contribution is 2.20. The van der Waals surface area contributed by atoms with Gasteiger partial charge in [-0.15, -0.1) is 0 Å². The van der Waals surface area contributed by atoms with Crippen LogP contribution in [0.5, 0.6) is 0 Å². The number of carbonyl (C=O) groups excluding carboxylic acids is 1. The van der Waals surface area contributed by atoms with Crippen LogP contribution in [0.15, 0.2) is 0 Å². The van der Waals surface area contributed by atoms with Gasteiger partial charge in [-0.3, -0.25) is 4.79 Å². The van der Waals surface area contributed by atoms with Crippen LogP contribution in [0.2, 0.25) is 0 Å². The van der Waals surface area contributed by atoms with Crippen LogP contribution in [0, 0.1) is 5.92 Å². The van der Waals surface area contributed by atoms with E-state index in [-0.39, 0.29) is 5.91 Å². The third-order valence-corrected chi connectivity index (χ3v) is 3.38. The summed E-state index contributed by atoms with van der Waals surface area (Å²) in [5, 5.41) is 0. The van der Waals surface area contributed by atoms with Crippen LogP contribution in [0.25, 0.3) is 0 Å². The molecule has 1 heterocycles. The highest BCUT2D eigenvalue weighted by atomic mass is 16.1. The molecule has 4 heteroatoms. The molecule has 1 saturated heterocycles. The van der Waals surface area contributed by atoms with Crippen LogP contribution in [-0.4, -0.2) is 37.0 Å². The molecule has 0 aliphatic carbocycles. The minimum atomic E-state index is -0.151. The van der Waals surface area contributed by atoms with Gasteiger partial charge in [0, 0.05) is 6.42 Å². The molecule has 1 amide bonds. The van der Waals surface area contributed by atoms with Crippen LogP contribution in [0.1, 0.15) is 38.5 Å². The van der Waals surface area contributed by atoms with E-state index in [0.29, 0.717) is 12.3 Å². The Morgan fingerprint density at radius 3 is 2.44 bits per heavy atom. The topological polar surface area (TPSA) is 72.3 Å². The van der Waals surface area contributed by atoms with Gasteiger partial charge < -0.3 is 16.4 Å². The minimum absolute atomic E-state index is 0.151. The molecule has 0 unspecified atom stereocenters. The Labute approximate surface area is 98.3 Å². The van der Waals surface area contributed by atoms with E-state index >= 15 is 0 Å². The van der Waals surface area contributed by atoms with Gasteiger partial charge >= 0.3 is 0 Å². The number of unbranched alkanes of at least 4 members (excludes halogenated alkanes) is 2. The maximum atomic E-state index is 10.8. The molecule has 4 N–H and O–H groups in total. The van der Waals surface area contributed by atoms with E-state index in [2.05, 4.69) is 4.90 Å². The summed E-state index contributed by atoms with van der Waals surface area (Å²) in [5.41, 5.74) is 10.7. The molecule has 1 aliphatic rings. The summed E-state index contributed by atoms with van der Waals surface area (Å²) in [7, 11) is 0. The van der Waals surface area contributed by atoms with Gasteiger partial charge in [-0.2, -0.15) is 0 Å². The van der Waals surface area contributed by atoms with Crippen molar-refractivity contribution in [2.45, 2.75) is 38.5 Å². The normalized spacial score (nSPS) is 18.8. The molecule has 0 aromatic heterocycles. The second kappa shape index (κ2) is 7.63. The second-order valence-corrected chi connectivity index (χ2v) is 4.80. The predicted molar refractivity (Wildman–Crippen MR) is 65.9 cm³/mol. The van der Waals surface area contributed by atoms with Gasteiger partial charge in [0.05, 0.1) is 0 Å². The molecule has 0 aromatic carbocycles. The maximum Gasteiger partial charge on any atom is 0.217 e. The van der Waals surface area contributed by atoms with Gasteiger partial charge in [0.2, 0.25) is 5.91 Å². The number of nitrogens with two attached hydrogens (primary N) is 2. The molecule has 0 saturated carbocycles. The number of amides is 1. The smallest absolute Gasteiger partial charge is 0.217 e. The summed E-state index contributed by atoms with van der Waals surface area (Å²) in [4.78, 5) is 13.3. The summed E-state index contributed by atoms with van der Waals surface area (Å²) in [6.45, 7) is 4.24. The summed E-state index contributed by atoms with van der Waals surface area (Å²) in [5.74, 6) is 0.374. The SMILES string of the molecule is NCCCCCN1CCC(CC(N)=O)CC1. The van der Waals surface area contributed by atoms with Crippen LogP contribution in [-0.2, 0) is 4.79 Å². The largest absolute Gasteiger partial charge is 0.370 e. The Kier molecular flexibility index (Phi) is 6.42. The third-order valence-electron chi connectivity index (χ3n) is 3.38. The molecule has 0 radical (unpaired) electrons. The van der Waals surface area contributed by atoms with Crippen molar-refractivity contribution in [1.82, 2.24) is 4.90 Å². The number of rotatable bonds is 7. The molecule has 16 heavy (non-hydrogen) atoms. The van der Waals surface area contributed by atoms with E-state index in [4.69, 9.17) is 11.5 Å². The standard InChI is InChI=1S/C12H25N3O/c13-6-2-1-3-7-15-8-4-11(5-9-15)10-12(14)16/h11H,1-10,13H2,(H2,14,16). The van der Waals surface area contributed by atoms with E-state index < -0.39 is 0 Å². The fourth-order valence-electron chi connectivity index (χ4n) is 2.36. The van der Waals surface area contributed by atoms with Crippen LogP contribution >= 0.6 is 0 Å². The first-order chi connectivity index (χ1) is 7.72. The Morgan fingerprint density at radius 1 is 1.19 bits per heavy atom. The van der Waals surface area contributed by atoms with Gasteiger partial charge in [-0.1, -0.05) is 6.42 Å². The zero-order valence-corrected chi connectivity index (χ0v) is 10.2. The maximum absolute atomic E-state index is 10.8. The molecule has 0 spiro atoms. The number of nitrogens with zero attached hydrogens (tertiary/aromatic N) is 1. The van der Waals surface area contributed by atoms with Crippen molar-refractivity contribution in [1.29, 1.82) is 0 Å². The van der Waals surface area contributed by atoms with Gasteiger partial charge in [-0.25, -0.2) is 0 Å². The van der Waals surface area contributed by atoms with Crippen molar-refractivity contribution < 1.29 is 4.79 Å². The van der Waals surface area contributed by atoms with E-state index in [1.807, 2.05) is 0 Å². The first-order valence-electron chi connectivity index (χ1n) is 6.43. The minimum Gasteiger partial charge on any atom is -0.370 e. The summed E-state index contributed by atoms with van der Waals surface area (Å²) in [6.07, 6.45) is 6.44. The lowest BCUT2D eigenvalue weighted by Gasteiger charge is -2.31. The zero-order valence-electron chi connectivity index (χ0n) is 10.2. The lowest BCUT2D eigenvalue weighted by molar-refractivity contribution is -0.119. The quantitative estimate of drug-likeness (QED) is 0.629. The summed E-state index contributed by atoms with van der Waals surface area (Å²) in [6, 6.07) is 0. The molecule has 0 aromatic rings. The van der Waals surface area contributed by atoms with Gasteiger partial charge in [0.1, 0.15) is 0 Å². The van der Waals surface area contributed by atoms with Gasteiger partial charge in [0.25, 0.3) is 0 Å². The Bertz CT molecular complexity index is 200. The Morgan fingerprint density at radius 2 is 1.88 bits per heavy atom. The van der Waals surface area contributed by atoms with Crippen LogP contribution < -0.4 is 11.5 Å². The highest BCUT2D eigenvalue weighted by Gasteiger charge is 2.19. The highest BCUT2D eigenvalue weighted by molar-refractivity contribution is 5.73. The number of hydrogen-bond donors (Lipinski definition) is 2. The first-order valence-corrected chi connectivity index (χ1v) is 6.43. The number of primary amides is 1. The Balaban J connectivity index is 2.05. The molecular weight excluding hydrogens is 202 g/mol. The average molecular weight is 227 g/mol. The molecule has 94 valence electrons. The van der Waals surface area contributed by atoms with Crippen molar-refractivity contribution in [3.8, 4) is 0 Å². The van der Waals surface area contributed by atoms with Gasteiger partial charge in [0.15, 0.2) is 0 Å². The van der Waals surface area contributed by atoms with Crippen molar-refractivity contribution in [2.75, 3.05) is 26.2 Å². The first kappa shape index (κ1) is 13.5. The van der Waals surface area contributed by atoms with E-state index in [0.717, 1.165) is 38.9 Å². The number of likely N-dealkylation sites (tertiary alicyclic amines) is 1. The Hall–Kier alpha value is -0.610. The van der Waals surface area contributed by atoms with Crippen LogP contribution in [0.4, 0.5) is 0 Å². The average Bonchev–Trinajstić information content (AvgIpc) is 2.26. The predicted octanol–water partition coefficient (Wildman–Crippen LogP) is 0.703. The summed E-state index contributed by atoms with van der Waals surface area (Å²) >= 11 is 0. The molecule has 1 fully saturated rings. The monoisotopic (exact) mass is 227 g/mol. The number of hydrogen-bond acceptors (Lipinski definition) is 3. The fourth-order valence-corrected chi connectivity index (χ4v) is 2.36. The molecule has 4 nitrogen and oxygen atoms in total. The number of piperidine rings is 1. The lowest BCUT2D eigenvalue weighted by atomic mass is 9.93. The van der Waals surface area contributed by atoms with Crippen molar-refractivity contribution in [2.24, 2.45) is 17.4 Å². The van der Waals surface area contributed by atoms with Crippen molar-refractivity contribution in [3.63, 3.8) is 0 Å². The van der Waals surface area contributed by atoms with Crippen LogP contribution in [0.3, 0.4) is 0 Å². The van der Waals surface area contributed by atoms with E-state index in [1.165, 1.54) is 19.4 Å². The molecular formula is C12H25N3O. The van der Waals surface area contributed by atoms with E-state index in [9.17, 15) is 4.79 Å². The second-order valence-electron chi connectivity index (χ2n) is 4.80. The fraction of sp³-hybridized carbons (Fsp3) is 0.917. The molecule has 0 atom stereocenters. The molecule has 1 rings (SSSR count). The third kappa shape index (κ3) is 5.47. The zero-order chi connectivity index (χ0) is 11.8.